The van der Waals surface area contributed by atoms with E-state index in [9.17, 15) is 19.7 Å². The zero-order valence-corrected chi connectivity index (χ0v) is 6.80. The highest BCUT2D eigenvalue weighted by molar-refractivity contribution is 6.33. The predicted molar refractivity (Wildman–Crippen MR) is 41.7 cm³/mol. The van der Waals surface area contributed by atoms with E-state index in [0.29, 0.717) is 0 Å². The minimum Gasteiger partial charge on any atom is -0.475 e. The number of carboxylic acid groups (broad SMARTS) is 1. The number of nitro groups is 1. The number of aliphatic carboxylic acids is 1. The fraction of sp³-hybridized carbons (Fsp3) is 0.143. The second kappa shape index (κ2) is 3.69. The van der Waals surface area contributed by atoms with Gasteiger partial charge in [-0.1, -0.05) is 0 Å². The van der Waals surface area contributed by atoms with E-state index in [0.717, 1.165) is 6.07 Å². The highest BCUT2D eigenvalue weighted by atomic mass is 16.6. The molecule has 0 radical (unpaired) electrons. The summed E-state index contributed by atoms with van der Waals surface area (Å²) >= 11 is 0. The first kappa shape index (κ1) is 9.90. The lowest BCUT2D eigenvalue weighted by molar-refractivity contribution is -0.402. The lowest BCUT2D eigenvalue weighted by Crippen LogP contribution is -2.14. The Hall–Kier alpha value is -2.18. The van der Waals surface area contributed by atoms with Crippen LogP contribution in [0.25, 0.3) is 0 Å². The molecule has 0 fully saturated rings. The van der Waals surface area contributed by atoms with Gasteiger partial charge in [0.25, 0.3) is 0 Å². The molecule has 74 valence electrons. The Morgan fingerprint density at radius 1 is 1.50 bits per heavy atom. The van der Waals surface area contributed by atoms with Crippen LogP contribution in [0.5, 0.6) is 0 Å². The van der Waals surface area contributed by atoms with Crippen LogP contribution in [0.3, 0.4) is 0 Å². The molecule has 14 heavy (non-hydrogen) atoms. The number of furan rings is 1. The van der Waals surface area contributed by atoms with Crippen molar-refractivity contribution in [3.05, 3.63) is 28.0 Å². The van der Waals surface area contributed by atoms with Crippen molar-refractivity contribution in [1.82, 2.24) is 0 Å². The Kier molecular flexibility index (Phi) is 2.61. The molecule has 1 rings (SSSR count). The molecule has 0 bridgehead atoms. The molecule has 0 atom stereocenters. The smallest absolute Gasteiger partial charge is 0.433 e. The second-order valence-electron chi connectivity index (χ2n) is 2.40. The predicted octanol–water partition coefficient (Wildman–Crippen LogP) is 0.384. The normalized spacial score (nSPS) is 9.71. The van der Waals surface area contributed by atoms with Gasteiger partial charge in [0.1, 0.15) is 10.7 Å². The number of hydrogen-bond donors (Lipinski definition) is 1. The van der Waals surface area contributed by atoms with Crippen LogP contribution in [-0.2, 0) is 16.0 Å². The van der Waals surface area contributed by atoms with Crippen molar-refractivity contribution in [2.24, 2.45) is 0 Å². The van der Waals surface area contributed by atoms with Crippen LogP contribution >= 0.6 is 0 Å². The highest BCUT2D eigenvalue weighted by Crippen LogP contribution is 2.15. The standard InChI is InChI=1S/C7H5NO6/c9-5(7(10)11)3-4-1-2-6(14-4)8(12)13/h1-2H,3H2,(H,10,11). The molecule has 7 heteroatoms. The van der Waals surface area contributed by atoms with Crippen LogP contribution in [0.2, 0.25) is 0 Å². The van der Waals surface area contributed by atoms with E-state index in [-0.39, 0.29) is 5.76 Å². The molecule has 0 spiro atoms. The molecule has 1 aromatic rings. The van der Waals surface area contributed by atoms with Crippen molar-refractivity contribution >= 4 is 17.6 Å². The van der Waals surface area contributed by atoms with E-state index >= 15 is 0 Å². The minimum absolute atomic E-state index is 0.0379. The van der Waals surface area contributed by atoms with Crippen LogP contribution in [0.1, 0.15) is 5.76 Å². The first-order valence-electron chi connectivity index (χ1n) is 3.50. The lowest BCUT2D eigenvalue weighted by atomic mass is 10.2. The van der Waals surface area contributed by atoms with Gasteiger partial charge in [-0.3, -0.25) is 14.9 Å². The largest absolute Gasteiger partial charge is 0.475 e. The molecule has 0 saturated heterocycles. The Balaban J connectivity index is 2.74. The zero-order valence-electron chi connectivity index (χ0n) is 6.80. The quantitative estimate of drug-likeness (QED) is 0.426. The third kappa shape index (κ3) is 2.16. The summed E-state index contributed by atoms with van der Waals surface area (Å²) in [6.07, 6.45) is -0.483. The Morgan fingerprint density at radius 3 is 2.57 bits per heavy atom. The third-order valence-corrected chi connectivity index (χ3v) is 1.40. The first-order chi connectivity index (χ1) is 6.50. The van der Waals surface area contributed by atoms with Gasteiger partial charge in [0, 0.05) is 0 Å². The van der Waals surface area contributed by atoms with Crippen LogP contribution in [0, 0.1) is 10.1 Å². The summed E-state index contributed by atoms with van der Waals surface area (Å²) in [5.41, 5.74) is 0. The zero-order chi connectivity index (χ0) is 10.7. The van der Waals surface area contributed by atoms with Gasteiger partial charge >= 0.3 is 11.9 Å². The molecule has 1 heterocycles. The fourth-order valence-corrected chi connectivity index (χ4v) is 0.794. The Bertz CT molecular complexity index is 393. The van der Waals surface area contributed by atoms with Gasteiger partial charge in [-0.25, -0.2) is 4.79 Å². The summed E-state index contributed by atoms with van der Waals surface area (Å²) in [6.45, 7) is 0. The molecule has 1 aromatic heterocycles. The number of ketones is 1. The summed E-state index contributed by atoms with van der Waals surface area (Å²) in [5.74, 6) is -3.22. The maximum atomic E-state index is 10.7. The topological polar surface area (TPSA) is 111 Å². The molecular weight excluding hydrogens is 194 g/mol. The fourth-order valence-electron chi connectivity index (χ4n) is 0.794. The van der Waals surface area contributed by atoms with Crippen LogP contribution < -0.4 is 0 Å². The highest BCUT2D eigenvalue weighted by Gasteiger charge is 2.17. The van der Waals surface area contributed by atoms with E-state index in [1.807, 2.05) is 0 Å². The number of rotatable bonds is 4. The monoisotopic (exact) mass is 199 g/mol. The van der Waals surface area contributed by atoms with Crippen molar-refractivity contribution in [3.8, 4) is 0 Å². The molecule has 0 amide bonds. The van der Waals surface area contributed by atoms with Crippen molar-refractivity contribution in [2.45, 2.75) is 6.42 Å². The number of carbonyl (C=O) groups excluding carboxylic acids is 1. The van der Waals surface area contributed by atoms with Gasteiger partial charge in [-0.05, 0) is 6.07 Å². The number of nitrogens with zero attached hydrogens (tertiary/aromatic N) is 1. The van der Waals surface area contributed by atoms with E-state index in [2.05, 4.69) is 4.42 Å². The van der Waals surface area contributed by atoms with Crippen molar-refractivity contribution in [2.75, 3.05) is 0 Å². The van der Waals surface area contributed by atoms with E-state index in [1.165, 1.54) is 6.07 Å². The number of carboxylic acids is 1. The van der Waals surface area contributed by atoms with Gasteiger partial charge < -0.3 is 9.52 Å². The van der Waals surface area contributed by atoms with E-state index < -0.39 is 29.0 Å². The summed E-state index contributed by atoms with van der Waals surface area (Å²) < 4.78 is 4.58. The molecule has 7 nitrogen and oxygen atoms in total. The first-order valence-corrected chi connectivity index (χ1v) is 3.50. The van der Waals surface area contributed by atoms with Crippen LogP contribution in [-0.4, -0.2) is 21.8 Å². The molecule has 0 saturated carbocycles. The molecule has 0 aliphatic rings. The van der Waals surface area contributed by atoms with Crippen molar-refractivity contribution in [1.29, 1.82) is 0 Å². The van der Waals surface area contributed by atoms with Gasteiger partial charge in [-0.15, -0.1) is 0 Å². The van der Waals surface area contributed by atoms with Gasteiger partial charge in [-0.2, -0.15) is 0 Å². The molecule has 0 aromatic carbocycles. The number of hydrogen-bond acceptors (Lipinski definition) is 5. The molecule has 0 aliphatic heterocycles. The SMILES string of the molecule is O=C(O)C(=O)Cc1ccc([N+](=O)[O-])o1. The average molecular weight is 199 g/mol. The molecular formula is C7H5NO6. The average Bonchev–Trinajstić information content (AvgIpc) is 2.52. The summed E-state index contributed by atoms with van der Waals surface area (Å²) in [6, 6.07) is 2.25. The second-order valence-corrected chi connectivity index (χ2v) is 2.40. The number of carbonyl (C=O) groups is 2. The Labute approximate surface area is 77.1 Å². The Morgan fingerprint density at radius 2 is 2.14 bits per heavy atom. The molecule has 0 unspecified atom stereocenters. The lowest BCUT2D eigenvalue weighted by Gasteiger charge is -1.89. The van der Waals surface area contributed by atoms with Gasteiger partial charge in [0.15, 0.2) is 0 Å². The maximum Gasteiger partial charge on any atom is 0.433 e. The third-order valence-electron chi connectivity index (χ3n) is 1.40. The van der Waals surface area contributed by atoms with E-state index in [1.54, 1.807) is 0 Å². The summed E-state index contributed by atoms with van der Waals surface area (Å²) in [4.78, 5) is 30.2. The molecule has 0 aliphatic carbocycles. The molecule has 1 N–H and O–H groups in total. The maximum absolute atomic E-state index is 10.7. The van der Waals surface area contributed by atoms with Crippen LogP contribution in [0.4, 0.5) is 5.88 Å². The van der Waals surface area contributed by atoms with E-state index in [4.69, 9.17) is 5.11 Å². The minimum atomic E-state index is -1.59. The summed E-state index contributed by atoms with van der Waals surface area (Å²) in [5, 5.41) is 18.4. The van der Waals surface area contributed by atoms with Gasteiger partial charge in [0.05, 0.1) is 12.5 Å². The summed E-state index contributed by atoms with van der Waals surface area (Å²) in [7, 11) is 0. The van der Waals surface area contributed by atoms with Crippen molar-refractivity contribution < 1.29 is 24.0 Å². The van der Waals surface area contributed by atoms with Crippen molar-refractivity contribution in [3.63, 3.8) is 0 Å². The van der Waals surface area contributed by atoms with Gasteiger partial charge in [0.2, 0.25) is 5.78 Å². The number of Topliss-reactive ketones (excluding diaryl/α,β-unsaturated/α-hetero) is 1. The van der Waals surface area contributed by atoms with Crippen LogP contribution in [0.15, 0.2) is 16.5 Å².